The fourth-order valence-electron chi connectivity index (χ4n) is 6.17. The molecule has 0 aromatic rings. The fourth-order valence-corrected chi connectivity index (χ4v) is 6.17. The molecule has 6 nitrogen and oxygen atoms in total. The molecule has 1 amide bonds. The van der Waals surface area contributed by atoms with Crippen molar-refractivity contribution in [3.8, 4) is 0 Å². The summed E-state index contributed by atoms with van der Waals surface area (Å²) in [5.41, 5.74) is 0. The molecule has 0 radical (unpaired) electrons. The van der Waals surface area contributed by atoms with Gasteiger partial charge in [-0.2, -0.15) is 0 Å². The van der Waals surface area contributed by atoms with Crippen molar-refractivity contribution >= 4 is 5.91 Å². The number of aliphatic hydroxyl groups excluding tert-OH is 4. The molecule has 0 rings (SSSR count). The molecule has 0 saturated carbocycles. The van der Waals surface area contributed by atoms with Gasteiger partial charge in [0.25, 0.3) is 0 Å². The van der Waals surface area contributed by atoms with E-state index in [1.807, 2.05) is 0 Å². The molecule has 0 aliphatic carbocycles. The summed E-state index contributed by atoms with van der Waals surface area (Å²) in [5, 5.41) is 43.4. The molecule has 0 aliphatic heterocycles. The van der Waals surface area contributed by atoms with Gasteiger partial charge in [-0.1, -0.05) is 194 Å². The number of carbonyl (C=O) groups is 1. The molecule has 0 aromatic heterocycles. The summed E-state index contributed by atoms with van der Waals surface area (Å²) >= 11 is 0. The van der Waals surface area contributed by atoms with E-state index < -0.39 is 36.9 Å². The van der Waals surface area contributed by atoms with Crippen LogP contribution in [0.5, 0.6) is 0 Å². The monoisotopic (exact) mass is 628 g/mol. The highest BCUT2D eigenvalue weighted by molar-refractivity contribution is 5.80. The molecule has 0 aromatic carbocycles. The van der Waals surface area contributed by atoms with E-state index in [0.717, 1.165) is 38.5 Å². The van der Waals surface area contributed by atoms with Gasteiger partial charge in [-0.05, 0) is 12.8 Å². The van der Waals surface area contributed by atoms with Gasteiger partial charge in [-0.25, -0.2) is 0 Å². The minimum Gasteiger partial charge on any atom is -0.394 e. The van der Waals surface area contributed by atoms with Crippen LogP contribution >= 0.6 is 0 Å². The molecular formula is C38H77NO5. The highest BCUT2D eigenvalue weighted by Gasteiger charge is 2.28. The molecule has 0 bridgehead atoms. The van der Waals surface area contributed by atoms with Crippen LogP contribution in [0.25, 0.3) is 0 Å². The molecule has 6 heteroatoms. The number of aliphatic hydroxyl groups is 4. The Morgan fingerprint density at radius 3 is 1.09 bits per heavy atom. The smallest absolute Gasteiger partial charge is 0.249 e. The Morgan fingerprint density at radius 2 is 0.773 bits per heavy atom. The van der Waals surface area contributed by atoms with Crippen molar-refractivity contribution in [2.24, 2.45) is 0 Å². The van der Waals surface area contributed by atoms with Crippen LogP contribution in [-0.4, -0.2) is 57.3 Å². The lowest BCUT2D eigenvalue weighted by Gasteiger charge is -2.27. The normalized spacial score (nSPS) is 14.4. The van der Waals surface area contributed by atoms with Crippen LogP contribution in [0.1, 0.15) is 206 Å². The van der Waals surface area contributed by atoms with Crippen LogP contribution in [0.2, 0.25) is 0 Å². The van der Waals surface area contributed by atoms with Gasteiger partial charge < -0.3 is 25.7 Å². The van der Waals surface area contributed by atoms with Crippen molar-refractivity contribution in [1.82, 2.24) is 5.32 Å². The molecule has 0 spiro atoms. The Balaban J connectivity index is 3.70. The molecule has 264 valence electrons. The second kappa shape index (κ2) is 33.7. The van der Waals surface area contributed by atoms with Crippen LogP contribution in [0.15, 0.2) is 0 Å². The highest BCUT2D eigenvalue weighted by atomic mass is 16.3. The van der Waals surface area contributed by atoms with Crippen molar-refractivity contribution in [3.63, 3.8) is 0 Å². The first-order valence-electron chi connectivity index (χ1n) is 19.4. The topological polar surface area (TPSA) is 110 Å². The number of carbonyl (C=O) groups excluding carboxylic acids is 1. The largest absolute Gasteiger partial charge is 0.394 e. The Bertz CT molecular complexity index is 590. The molecule has 0 aliphatic rings. The summed E-state index contributed by atoms with van der Waals surface area (Å²) in [6, 6.07) is -0.976. The van der Waals surface area contributed by atoms with Crippen LogP contribution in [0, 0.1) is 0 Å². The first kappa shape index (κ1) is 43.3. The van der Waals surface area contributed by atoms with E-state index in [4.69, 9.17) is 0 Å². The minimum atomic E-state index is -1.25. The van der Waals surface area contributed by atoms with Gasteiger partial charge in [0, 0.05) is 0 Å². The second-order valence-electron chi connectivity index (χ2n) is 13.6. The summed E-state index contributed by atoms with van der Waals surface area (Å²) in [6.45, 7) is 4.02. The third kappa shape index (κ3) is 27.6. The van der Waals surface area contributed by atoms with E-state index in [1.54, 1.807) is 0 Å². The predicted octanol–water partition coefficient (Wildman–Crippen LogP) is 9.29. The van der Waals surface area contributed by atoms with E-state index in [1.165, 1.54) is 141 Å². The molecule has 5 N–H and O–H groups in total. The molecule has 0 heterocycles. The lowest BCUT2D eigenvalue weighted by molar-refractivity contribution is -0.132. The van der Waals surface area contributed by atoms with Gasteiger partial charge in [0.2, 0.25) is 5.91 Å². The molecule has 0 fully saturated rings. The van der Waals surface area contributed by atoms with E-state index in [0.29, 0.717) is 12.8 Å². The Kier molecular flexibility index (Phi) is 33.1. The fraction of sp³-hybridized carbons (Fsp3) is 0.974. The van der Waals surface area contributed by atoms with Gasteiger partial charge in [0.15, 0.2) is 0 Å². The van der Waals surface area contributed by atoms with Crippen molar-refractivity contribution in [3.05, 3.63) is 0 Å². The maximum absolute atomic E-state index is 12.4. The average Bonchev–Trinajstić information content (AvgIpc) is 3.03. The van der Waals surface area contributed by atoms with Crippen LogP contribution in [-0.2, 0) is 4.79 Å². The maximum atomic E-state index is 12.4. The molecule has 4 unspecified atom stereocenters. The lowest BCUT2D eigenvalue weighted by Crippen LogP contribution is -2.53. The maximum Gasteiger partial charge on any atom is 0.249 e. The summed E-state index contributed by atoms with van der Waals surface area (Å²) in [7, 11) is 0. The van der Waals surface area contributed by atoms with Gasteiger partial charge in [0.1, 0.15) is 12.2 Å². The molecule has 0 saturated heterocycles. The standard InChI is InChI=1S/C38H77NO5/c1-3-5-7-9-11-13-14-15-16-17-18-19-20-21-22-24-26-28-30-32-36(42)38(44)39-34(33-40)37(43)35(41)31-29-27-25-23-12-10-8-6-4-2/h34-37,40-43H,3-33H2,1-2H3,(H,39,44). The number of hydrogen-bond acceptors (Lipinski definition) is 5. The summed E-state index contributed by atoms with van der Waals surface area (Å²) in [4.78, 5) is 12.4. The van der Waals surface area contributed by atoms with E-state index in [2.05, 4.69) is 19.2 Å². The second-order valence-corrected chi connectivity index (χ2v) is 13.6. The van der Waals surface area contributed by atoms with E-state index >= 15 is 0 Å². The first-order valence-corrected chi connectivity index (χ1v) is 19.4. The summed E-state index contributed by atoms with van der Waals surface area (Å²) in [5.74, 6) is -0.583. The van der Waals surface area contributed by atoms with Crippen LogP contribution < -0.4 is 5.32 Å². The number of hydrogen-bond donors (Lipinski definition) is 5. The molecule has 44 heavy (non-hydrogen) atoms. The van der Waals surface area contributed by atoms with E-state index in [-0.39, 0.29) is 0 Å². The molecule has 4 atom stereocenters. The number of nitrogens with one attached hydrogen (secondary N) is 1. The third-order valence-corrected chi connectivity index (χ3v) is 9.32. The van der Waals surface area contributed by atoms with Crippen molar-refractivity contribution in [2.75, 3.05) is 6.61 Å². The highest BCUT2D eigenvalue weighted by Crippen LogP contribution is 2.16. The number of amides is 1. The Labute approximate surface area is 273 Å². The van der Waals surface area contributed by atoms with Crippen molar-refractivity contribution < 1.29 is 25.2 Å². The quantitative estimate of drug-likeness (QED) is 0.0450. The first-order chi connectivity index (χ1) is 21.5. The van der Waals surface area contributed by atoms with Gasteiger partial charge in [-0.3, -0.25) is 4.79 Å². The van der Waals surface area contributed by atoms with E-state index in [9.17, 15) is 25.2 Å². The molecular weight excluding hydrogens is 550 g/mol. The SMILES string of the molecule is CCCCCCCCCCCCCCCCCCCCCC(O)C(=O)NC(CO)C(O)C(O)CCCCCCCCCCC. The minimum absolute atomic E-state index is 0.375. The van der Waals surface area contributed by atoms with Crippen LogP contribution in [0.3, 0.4) is 0 Å². The Morgan fingerprint density at radius 1 is 0.477 bits per heavy atom. The van der Waals surface area contributed by atoms with Gasteiger partial charge in [-0.15, -0.1) is 0 Å². The van der Waals surface area contributed by atoms with Gasteiger partial charge >= 0.3 is 0 Å². The summed E-state index contributed by atoms with van der Waals surface area (Å²) < 4.78 is 0. The van der Waals surface area contributed by atoms with Gasteiger partial charge in [0.05, 0.1) is 18.8 Å². The predicted molar refractivity (Wildman–Crippen MR) is 187 cm³/mol. The summed E-state index contributed by atoms with van der Waals surface area (Å²) in [6.07, 6.45) is 32.8. The Hall–Kier alpha value is -0.690. The zero-order valence-electron chi connectivity index (χ0n) is 29.4. The third-order valence-electron chi connectivity index (χ3n) is 9.32. The van der Waals surface area contributed by atoms with Crippen LogP contribution in [0.4, 0.5) is 0 Å². The zero-order valence-corrected chi connectivity index (χ0v) is 29.4. The number of rotatable bonds is 35. The average molecular weight is 628 g/mol. The number of unbranched alkanes of at least 4 members (excludes halogenated alkanes) is 26. The van der Waals surface area contributed by atoms with Crippen molar-refractivity contribution in [2.45, 2.75) is 231 Å². The van der Waals surface area contributed by atoms with Crippen molar-refractivity contribution in [1.29, 1.82) is 0 Å². The lowest BCUT2D eigenvalue weighted by atomic mass is 9.99. The zero-order chi connectivity index (χ0) is 32.5.